The highest BCUT2D eigenvalue weighted by Gasteiger charge is 2.74. The fourth-order valence-corrected chi connectivity index (χ4v) is 5.61. The number of hydrogen-bond acceptors (Lipinski definition) is 3. The second-order valence-electron chi connectivity index (χ2n) is 8.42. The van der Waals surface area contributed by atoms with Crippen molar-refractivity contribution in [2.75, 3.05) is 0 Å². The van der Waals surface area contributed by atoms with Crippen LogP contribution < -0.4 is 0 Å². The lowest BCUT2D eigenvalue weighted by molar-refractivity contribution is -0.0530. The van der Waals surface area contributed by atoms with Gasteiger partial charge < -0.3 is 4.18 Å². The summed E-state index contributed by atoms with van der Waals surface area (Å²) >= 11 is 0. The number of fused-ring (bicyclic) bond motifs is 3. The van der Waals surface area contributed by atoms with Crippen LogP contribution in [0.2, 0.25) is 0 Å². The minimum absolute atomic E-state index is 0.0422. The molecule has 7 heteroatoms. The Morgan fingerprint density at radius 2 is 1.88 bits per heavy atom. The molecule has 0 amide bonds. The second kappa shape index (κ2) is 4.80. The van der Waals surface area contributed by atoms with Crippen molar-refractivity contribution in [3.63, 3.8) is 0 Å². The first-order valence-corrected chi connectivity index (χ1v) is 9.56. The molecular weight excluding hydrogens is 341 g/mol. The summed E-state index contributed by atoms with van der Waals surface area (Å²) in [5.74, 6) is 0.355. The Bertz CT molecular complexity index is 720. The Labute approximate surface area is 141 Å². The first kappa shape index (κ1) is 17.8. The highest BCUT2D eigenvalue weighted by Crippen LogP contribution is 2.79. The van der Waals surface area contributed by atoms with Gasteiger partial charge in [0.15, 0.2) is 0 Å². The largest absolute Gasteiger partial charge is 0.534 e. The van der Waals surface area contributed by atoms with Crippen LogP contribution in [0.1, 0.15) is 47.0 Å². The van der Waals surface area contributed by atoms with Gasteiger partial charge in [0.1, 0.15) is 5.76 Å². The lowest BCUT2D eigenvalue weighted by Gasteiger charge is -2.35. The normalized spacial score (nSPS) is 40.9. The predicted octanol–water partition coefficient (Wildman–Crippen LogP) is 4.78. The summed E-state index contributed by atoms with van der Waals surface area (Å²) in [5, 5.41) is 0. The van der Waals surface area contributed by atoms with Crippen molar-refractivity contribution in [1.82, 2.24) is 0 Å². The summed E-state index contributed by atoms with van der Waals surface area (Å²) < 4.78 is 66.0. The van der Waals surface area contributed by atoms with Crippen LogP contribution in [0.4, 0.5) is 13.2 Å². The van der Waals surface area contributed by atoms with Crippen molar-refractivity contribution in [3.8, 4) is 0 Å². The minimum atomic E-state index is -5.65. The number of allylic oxidation sites excluding steroid dienone is 3. The maximum atomic E-state index is 12.8. The van der Waals surface area contributed by atoms with E-state index in [0.717, 1.165) is 12.8 Å². The van der Waals surface area contributed by atoms with Gasteiger partial charge in [0.2, 0.25) is 0 Å². The average molecular weight is 364 g/mol. The van der Waals surface area contributed by atoms with E-state index in [1.54, 1.807) is 19.1 Å². The Morgan fingerprint density at radius 3 is 2.42 bits per heavy atom. The van der Waals surface area contributed by atoms with Crippen LogP contribution in [-0.2, 0) is 14.3 Å². The summed E-state index contributed by atoms with van der Waals surface area (Å²) in [4.78, 5) is 0. The molecule has 0 radical (unpaired) electrons. The number of hydrogen-bond donors (Lipinski definition) is 0. The Balaban J connectivity index is 2.04. The van der Waals surface area contributed by atoms with E-state index in [1.165, 1.54) is 0 Å². The smallest absolute Gasteiger partial charge is 0.380 e. The summed E-state index contributed by atoms with van der Waals surface area (Å²) in [6.45, 7) is 8.13. The molecule has 0 N–H and O–H groups in total. The highest BCUT2D eigenvalue weighted by molar-refractivity contribution is 7.87. The van der Waals surface area contributed by atoms with Crippen LogP contribution in [0.15, 0.2) is 24.0 Å². The zero-order chi connectivity index (χ0) is 18.2. The number of alkyl halides is 3. The van der Waals surface area contributed by atoms with Gasteiger partial charge in [-0.3, -0.25) is 0 Å². The Hall–Kier alpha value is -0.980. The zero-order valence-corrected chi connectivity index (χ0v) is 15.1. The molecule has 0 aliphatic heterocycles. The third kappa shape index (κ3) is 2.34. The average Bonchev–Trinajstić information content (AvgIpc) is 2.87. The van der Waals surface area contributed by atoms with Gasteiger partial charge >= 0.3 is 15.6 Å². The van der Waals surface area contributed by atoms with E-state index in [0.29, 0.717) is 12.3 Å². The van der Waals surface area contributed by atoms with E-state index in [4.69, 9.17) is 0 Å². The Morgan fingerprint density at radius 1 is 1.25 bits per heavy atom. The molecule has 3 nitrogen and oxygen atoms in total. The fourth-order valence-electron chi connectivity index (χ4n) is 5.08. The summed E-state index contributed by atoms with van der Waals surface area (Å²) in [5.41, 5.74) is -6.30. The molecule has 2 saturated carbocycles. The molecule has 24 heavy (non-hydrogen) atoms. The van der Waals surface area contributed by atoms with Crippen LogP contribution in [-0.4, -0.2) is 13.9 Å². The van der Waals surface area contributed by atoms with Gasteiger partial charge in [0, 0.05) is 0 Å². The predicted molar refractivity (Wildman–Crippen MR) is 84.1 cm³/mol. The fraction of sp³-hybridized carbons (Fsp3) is 0.765. The van der Waals surface area contributed by atoms with Crippen LogP contribution in [0.25, 0.3) is 0 Å². The van der Waals surface area contributed by atoms with Crippen LogP contribution in [0.3, 0.4) is 0 Å². The van der Waals surface area contributed by atoms with Gasteiger partial charge in [-0.25, -0.2) is 0 Å². The standard InChI is InChI=1S/C17H23F3O3S/c1-5-6-16-10-15(16,4)12-9-14(2,3)8-11(12)7-13(16)23-24(21,22)17(18,19)20/h5-7,11-12H,8-10H2,1-4H3/b6-5+/t11-,12+,15-,16+/m1/s1. The monoisotopic (exact) mass is 364 g/mol. The van der Waals surface area contributed by atoms with Crippen molar-refractivity contribution < 1.29 is 25.8 Å². The minimum Gasteiger partial charge on any atom is -0.380 e. The highest BCUT2D eigenvalue weighted by atomic mass is 32.2. The molecule has 3 rings (SSSR count). The third-order valence-corrected chi connectivity index (χ3v) is 7.14. The van der Waals surface area contributed by atoms with Gasteiger partial charge in [0.05, 0.1) is 5.41 Å². The van der Waals surface area contributed by atoms with E-state index in [9.17, 15) is 21.6 Å². The van der Waals surface area contributed by atoms with Crippen LogP contribution >= 0.6 is 0 Å². The van der Waals surface area contributed by atoms with E-state index in [-0.39, 0.29) is 22.5 Å². The molecular formula is C17H23F3O3S. The van der Waals surface area contributed by atoms with Crippen molar-refractivity contribution in [3.05, 3.63) is 24.0 Å². The molecule has 0 aromatic heterocycles. The summed E-state index contributed by atoms with van der Waals surface area (Å²) in [7, 11) is -5.65. The first-order valence-electron chi connectivity index (χ1n) is 8.15. The number of halogens is 3. The maximum Gasteiger partial charge on any atom is 0.534 e. The van der Waals surface area contributed by atoms with E-state index in [1.807, 2.05) is 13.0 Å². The van der Waals surface area contributed by atoms with Crippen LogP contribution in [0, 0.1) is 28.1 Å². The molecule has 0 aromatic rings. The van der Waals surface area contributed by atoms with E-state index < -0.39 is 21.0 Å². The van der Waals surface area contributed by atoms with Gasteiger partial charge in [-0.15, -0.1) is 0 Å². The first-order chi connectivity index (χ1) is 10.8. The topological polar surface area (TPSA) is 43.4 Å². The molecule has 3 aliphatic carbocycles. The Kier molecular flexibility index (Phi) is 3.57. The van der Waals surface area contributed by atoms with Crippen molar-refractivity contribution in [2.45, 2.75) is 52.5 Å². The van der Waals surface area contributed by atoms with Crippen molar-refractivity contribution in [2.24, 2.45) is 28.1 Å². The molecule has 3 aliphatic rings. The SMILES string of the molecule is C/C=C/[C@@]12C[C@]1(C)[C@H]1CC(C)(C)C[C@H]1C=C2OS(=O)(=O)C(F)(F)F. The zero-order valence-electron chi connectivity index (χ0n) is 14.3. The number of rotatable bonds is 3. The molecule has 0 unspecified atom stereocenters. The van der Waals surface area contributed by atoms with Gasteiger partial charge in [-0.2, -0.15) is 21.6 Å². The van der Waals surface area contributed by atoms with E-state index >= 15 is 0 Å². The van der Waals surface area contributed by atoms with Gasteiger partial charge in [-0.05, 0) is 54.9 Å². The lowest BCUT2D eigenvalue weighted by atomic mass is 9.71. The molecule has 0 spiro atoms. The molecule has 0 heterocycles. The molecule has 0 saturated heterocycles. The summed E-state index contributed by atoms with van der Waals surface area (Å²) in [6.07, 6.45) is 7.68. The molecule has 136 valence electrons. The van der Waals surface area contributed by atoms with Gasteiger partial charge in [0.25, 0.3) is 0 Å². The third-order valence-electron chi connectivity index (χ3n) is 6.18. The quantitative estimate of drug-likeness (QED) is 0.411. The molecule has 0 bridgehead atoms. The maximum absolute atomic E-state index is 12.8. The van der Waals surface area contributed by atoms with E-state index in [2.05, 4.69) is 18.0 Å². The van der Waals surface area contributed by atoms with Crippen molar-refractivity contribution in [1.29, 1.82) is 0 Å². The molecule has 0 aromatic carbocycles. The van der Waals surface area contributed by atoms with Crippen LogP contribution in [0.5, 0.6) is 0 Å². The second-order valence-corrected chi connectivity index (χ2v) is 9.96. The lowest BCUT2D eigenvalue weighted by Crippen LogP contribution is -2.33. The molecule has 4 atom stereocenters. The van der Waals surface area contributed by atoms with Gasteiger partial charge in [-0.1, -0.05) is 32.9 Å². The van der Waals surface area contributed by atoms with Crippen molar-refractivity contribution >= 4 is 10.1 Å². The summed E-state index contributed by atoms with van der Waals surface area (Å²) in [6, 6.07) is 0. The molecule has 2 fully saturated rings.